The first-order chi connectivity index (χ1) is 10.5. The van der Waals surface area contributed by atoms with Crippen molar-refractivity contribution in [2.24, 2.45) is 5.14 Å². The molecule has 3 rings (SSSR count). The van der Waals surface area contributed by atoms with E-state index in [-0.39, 0.29) is 0 Å². The van der Waals surface area contributed by atoms with Crippen LogP contribution in [0, 0.1) is 0 Å². The molecule has 0 amide bonds. The van der Waals surface area contributed by atoms with Crippen molar-refractivity contribution in [3.8, 4) is 11.1 Å². The Hall–Kier alpha value is -1.97. The van der Waals surface area contributed by atoms with E-state index in [0.717, 1.165) is 16.8 Å². The molecule has 0 bridgehead atoms. The lowest BCUT2D eigenvalue weighted by atomic mass is 9.95. The average molecular weight is 310 g/mol. The number of nitrogens with two attached hydrogens (primary N) is 2. The van der Waals surface area contributed by atoms with E-state index in [1.807, 2.05) is 18.2 Å². The highest BCUT2D eigenvalue weighted by Gasteiger charge is 2.23. The van der Waals surface area contributed by atoms with Gasteiger partial charge >= 0.3 is 0 Å². The SMILES string of the molecule is CS(C)(N)c1c(-c2ccccc2N)cccc1C1C=CC=C1. The Balaban J connectivity index is 2.27. The Labute approximate surface area is 134 Å². The van der Waals surface area contributed by atoms with E-state index in [2.05, 4.69) is 61.1 Å². The molecule has 0 saturated heterocycles. The molecule has 2 aromatic rings. The zero-order valence-corrected chi connectivity index (χ0v) is 13.8. The Bertz CT molecular complexity index is 742. The predicted molar refractivity (Wildman–Crippen MR) is 99.2 cm³/mol. The van der Waals surface area contributed by atoms with Crippen LogP contribution in [0.5, 0.6) is 0 Å². The van der Waals surface area contributed by atoms with Crippen molar-refractivity contribution in [1.82, 2.24) is 0 Å². The number of hydrogen-bond donors (Lipinski definition) is 2. The van der Waals surface area contributed by atoms with Gasteiger partial charge in [-0.3, -0.25) is 5.14 Å². The first-order valence-electron chi connectivity index (χ1n) is 7.32. The van der Waals surface area contributed by atoms with E-state index in [0.29, 0.717) is 5.92 Å². The van der Waals surface area contributed by atoms with Crippen molar-refractivity contribution >= 4 is 15.9 Å². The first-order valence-corrected chi connectivity index (χ1v) is 9.83. The normalized spacial score (nSPS) is 15.4. The van der Waals surface area contributed by atoms with Gasteiger partial charge in [-0.1, -0.05) is 60.7 Å². The van der Waals surface area contributed by atoms with E-state index in [1.165, 1.54) is 10.5 Å². The zero-order valence-electron chi connectivity index (χ0n) is 13.0. The highest BCUT2D eigenvalue weighted by atomic mass is 32.3. The molecular weight excluding hydrogens is 288 g/mol. The van der Waals surface area contributed by atoms with Gasteiger partial charge in [0.25, 0.3) is 0 Å². The lowest BCUT2D eigenvalue weighted by molar-refractivity contribution is 1.05. The fourth-order valence-electron chi connectivity index (χ4n) is 3.00. The summed E-state index contributed by atoms with van der Waals surface area (Å²) in [4.78, 5) is 1.24. The number of nitrogen functional groups attached to an aromatic ring is 1. The standard InChI is InChI=1S/C19H22N2S/c1-22(2,21)19-15(14-8-3-4-9-14)11-7-12-17(19)16-10-5-6-13-18(16)20/h3-14H,20-21H2,1-2H3. The van der Waals surface area contributed by atoms with Crippen LogP contribution in [0.3, 0.4) is 0 Å². The molecule has 2 aromatic carbocycles. The van der Waals surface area contributed by atoms with Crippen molar-refractivity contribution in [3.05, 3.63) is 72.3 Å². The number of para-hydroxylation sites is 1. The molecule has 1 aliphatic rings. The third-order valence-corrected chi connectivity index (χ3v) is 5.44. The maximum Gasteiger partial charge on any atom is 0.0394 e. The van der Waals surface area contributed by atoms with Gasteiger partial charge in [-0.15, -0.1) is 0 Å². The van der Waals surface area contributed by atoms with Gasteiger partial charge in [0, 0.05) is 22.1 Å². The predicted octanol–water partition coefficient (Wildman–Crippen LogP) is 4.44. The Kier molecular flexibility index (Phi) is 3.85. The van der Waals surface area contributed by atoms with Gasteiger partial charge in [-0.2, -0.15) is 10.2 Å². The Morgan fingerprint density at radius 2 is 1.50 bits per heavy atom. The number of allylic oxidation sites excluding steroid dienone is 4. The van der Waals surface area contributed by atoms with Gasteiger partial charge in [0.15, 0.2) is 0 Å². The smallest absolute Gasteiger partial charge is 0.0394 e. The van der Waals surface area contributed by atoms with E-state index < -0.39 is 10.2 Å². The van der Waals surface area contributed by atoms with Gasteiger partial charge in [0.2, 0.25) is 0 Å². The molecule has 0 saturated carbocycles. The topological polar surface area (TPSA) is 52.0 Å². The van der Waals surface area contributed by atoms with Gasteiger partial charge < -0.3 is 5.73 Å². The molecule has 0 atom stereocenters. The second-order valence-corrected chi connectivity index (χ2v) is 9.23. The summed E-state index contributed by atoms with van der Waals surface area (Å²) in [6.07, 6.45) is 12.9. The molecule has 22 heavy (non-hydrogen) atoms. The van der Waals surface area contributed by atoms with Crippen molar-refractivity contribution in [3.63, 3.8) is 0 Å². The minimum Gasteiger partial charge on any atom is -0.398 e. The van der Waals surface area contributed by atoms with E-state index in [4.69, 9.17) is 10.9 Å². The quantitative estimate of drug-likeness (QED) is 0.823. The summed E-state index contributed by atoms with van der Waals surface area (Å²) < 4.78 is 0. The average Bonchev–Trinajstić information content (AvgIpc) is 3.00. The van der Waals surface area contributed by atoms with Crippen molar-refractivity contribution in [2.45, 2.75) is 10.8 Å². The summed E-state index contributed by atoms with van der Waals surface area (Å²) in [6, 6.07) is 14.4. The molecule has 2 nitrogen and oxygen atoms in total. The van der Waals surface area contributed by atoms with E-state index in [1.54, 1.807) is 0 Å². The molecule has 0 aliphatic heterocycles. The number of hydrogen-bond acceptors (Lipinski definition) is 2. The molecule has 4 N–H and O–H groups in total. The highest BCUT2D eigenvalue weighted by molar-refractivity contribution is 8.31. The van der Waals surface area contributed by atoms with E-state index >= 15 is 0 Å². The number of anilines is 1. The summed E-state index contributed by atoms with van der Waals surface area (Å²) in [7, 11) is -1.39. The lowest BCUT2D eigenvalue weighted by Crippen LogP contribution is -2.12. The second-order valence-electron chi connectivity index (χ2n) is 6.01. The van der Waals surface area contributed by atoms with E-state index in [9.17, 15) is 0 Å². The molecule has 0 radical (unpaired) electrons. The number of rotatable bonds is 3. The third-order valence-electron chi connectivity index (χ3n) is 3.93. The fourth-order valence-corrected chi connectivity index (χ4v) is 4.55. The Morgan fingerprint density at radius 3 is 2.14 bits per heavy atom. The summed E-state index contributed by atoms with van der Waals surface area (Å²) in [5, 5.41) is 6.61. The molecule has 0 spiro atoms. The highest BCUT2D eigenvalue weighted by Crippen LogP contribution is 2.51. The molecule has 3 heteroatoms. The molecule has 0 aromatic heterocycles. The van der Waals surface area contributed by atoms with Gasteiger partial charge in [0.1, 0.15) is 0 Å². The summed E-state index contributed by atoms with van der Waals surface area (Å²) in [5.74, 6) is 0.301. The molecule has 0 fully saturated rings. The van der Waals surface area contributed by atoms with Crippen LogP contribution in [0.15, 0.2) is 71.7 Å². The fraction of sp³-hybridized carbons (Fsp3) is 0.158. The second kappa shape index (κ2) is 5.67. The zero-order chi connectivity index (χ0) is 15.7. The monoisotopic (exact) mass is 310 g/mol. The van der Waals surface area contributed by atoms with Crippen LogP contribution >= 0.6 is 10.2 Å². The van der Waals surface area contributed by atoms with Crippen LogP contribution in [0.1, 0.15) is 11.5 Å². The van der Waals surface area contributed by atoms with Crippen molar-refractivity contribution < 1.29 is 0 Å². The van der Waals surface area contributed by atoms with Crippen LogP contribution in [-0.4, -0.2) is 12.5 Å². The van der Waals surface area contributed by atoms with Crippen molar-refractivity contribution in [2.75, 3.05) is 18.2 Å². The third kappa shape index (κ3) is 2.70. The molecule has 0 unspecified atom stereocenters. The minimum atomic E-state index is -1.39. The number of benzene rings is 2. The maximum absolute atomic E-state index is 6.61. The van der Waals surface area contributed by atoms with Gasteiger partial charge in [-0.25, -0.2) is 0 Å². The maximum atomic E-state index is 6.61. The molecule has 1 aliphatic carbocycles. The minimum absolute atomic E-state index is 0.301. The largest absolute Gasteiger partial charge is 0.398 e. The van der Waals surface area contributed by atoms with Crippen LogP contribution in [0.4, 0.5) is 5.69 Å². The van der Waals surface area contributed by atoms with Crippen LogP contribution in [-0.2, 0) is 0 Å². The Morgan fingerprint density at radius 1 is 0.864 bits per heavy atom. The van der Waals surface area contributed by atoms with Crippen molar-refractivity contribution in [1.29, 1.82) is 0 Å². The van der Waals surface area contributed by atoms with Crippen LogP contribution < -0.4 is 10.9 Å². The van der Waals surface area contributed by atoms with Crippen LogP contribution in [0.25, 0.3) is 11.1 Å². The van der Waals surface area contributed by atoms with Gasteiger partial charge in [0.05, 0.1) is 0 Å². The molecular formula is C19H22N2S. The molecule has 114 valence electrons. The van der Waals surface area contributed by atoms with Gasteiger partial charge in [-0.05, 0) is 29.7 Å². The first kappa shape index (κ1) is 14.9. The summed E-state index contributed by atoms with van der Waals surface area (Å²) >= 11 is 0. The van der Waals surface area contributed by atoms with Crippen LogP contribution in [0.2, 0.25) is 0 Å². The summed E-state index contributed by atoms with van der Waals surface area (Å²) in [6.45, 7) is 0. The molecule has 0 heterocycles. The summed E-state index contributed by atoms with van der Waals surface area (Å²) in [5.41, 5.74) is 10.5. The lowest BCUT2D eigenvalue weighted by Gasteiger charge is -2.32.